The van der Waals surface area contributed by atoms with E-state index in [0.29, 0.717) is 0 Å². The summed E-state index contributed by atoms with van der Waals surface area (Å²) in [4.78, 5) is 3.72. The van der Waals surface area contributed by atoms with Crippen LogP contribution in [0.4, 0.5) is 13.2 Å². The van der Waals surface area contributed by atoms with Gasteiger partial charge in [-0.25, -0.2) is 4.98 Å². The highest BCUT2D eigenvalue weighted by molar-refractivity contribution is 9.10. The average Bonchev–Trinajstić information content (AvgIpc) is 2.05. The van der Waals surface area contributed by atoms with Gasteiger partial charge in [-0.1, -0.05) is 0 Å². The molecule has 0 aliphatic heterocycles. The van der Waals surface area contributed by atoms with E-state index in [4.69, 9.17) is 4.74 Å². The van der Waals surface area contributed by atoms with Crippen molar-refractivity contribution in [3.63, 3.8) is 0 Å². The normalized spacial score (nSPS) is 11.9. The summed E-state index contributed by atoms with van der Waals surface area (Å²) >= 11 is 2.84. The number of nitrogens with zero attached hydrogens (tertiary/aromatic N) is 1. The Morgan fingerprint density at radius 3 is 2.47 bits per heavy atom. The highest BCUT2D eigenvalue weighted by Crippen LogP contribution is 2.38. The molecule has 0 aliphatic rings. The SMILES string of the molecule is CC(C)Oc1nccc(C(F)(F)F)c1Br. The summed E-state index contributed by atoms with van der Waals surface area (Å²) in [5.74, 6) is -0.0418. The summed E-state index contributed by atoms with van der Waals surface area (Å²) < 4.78 is 42.3. The molecule has 6 heteroatoms. The number of rotatable bonds is 2. The summed E-state index contributed by atoms with van der Waals surface area (Å²) in [7, 11) is 0. The Kier molecular flexibility index (Phi) is 3.59. The Morgan fingerprint density at radius 2 is 2.00 bits per heavy atom. The van der Waals surface area contributed by atoms with Crippen molar-refractivity contribution in [3.8, 4) is 5.88 Å². The van der Waals surface area contributed by atoms with Gasteiger partial charge in [0.2, 0.25) is 5.88 Å². The summed E-state index contributed by atoms with van der Waals surface area (Å²) in [5, 5.41) is 0. The Hall–Kier alpha value is -0.780. The maximum absolute atomic E-state index is 12.5. The van der Waals surface area contributed by atoms with Gasteiger partial charge in [-0.2, -0.15) is 13.2 Å². The molecule has 84 valence electrons. The van der Waals surface area contributed by atoms with Crippen LogP contribution in [0.3, 0.4) is 0 Å². The van der Waals surface area contributed by atoms with Crippen molar-refractivity contribution in [3.05, 3.63) is 22.3 Å². The fraction of sp³-hybridized carbons (Fsp3) is 0.444. The predicted molar refractivity (Wildman–Crippen MR) is 52.7 cm³/mol. The lowest BCUT2D eigenvalue weighted by atomic mass is 10.2. The highest BCUT2D eigenvalue weighted by Gasteiger charge is 2.34. The van der Waals surface area contributed by atoms with Crippen molar-refractivity contribution in [1.82, 2.24) is 4.98 Å². The molecule has 0 amide bonds. The van der Waals surface area contributed by atoms with E-state index in [0.717, 1.165) is 12.3 Å². The molecule has 0 fully saturated rings. The lowest BCUT2D eigenvalue weighted by molar-refractivity contribution is -0.138. The fourth-order valence-electron chi connectivity index (χ4n) is 0.949. The third-order valence-corrected chi connectivity index (χ3v) is 2.28. The number of hydrogen-bond donors (Lipinski definition) is 0. The molecule has 0 spiro atoms. The molecule has 1 aromatic rings. The zero-order chi connectivity index (χ0) is 11.6. The second kappa shape index (κ2) is 4.38. The first-order valence-electron chi connectivity index (χ1n) is 4.20. The van der Waals surface area contributed by atoms with Crippen molar-refractivity contribution < 1.29 is 17.9 Å². The fourth-order valence-corrected chi connectivity index (χ4v) is 1.50. The van der Waals surface area contributed by atoms with Gasteiger partial charge < -0.3 is 4.74 Å². The van der Waals surface area contributed by atoms with E-state index in [1.54, 1.807) is 13.8 Å². The van der Waals surface area contributed by atoms with Gasteiger partial charge in [0.15, 0.2) is 0 Å². The van der Waals surface area contributed by atoms with Crippen LogP contribution in [0.5, 0.6) is 5.88 Å². The number of alkyl halides is 3. The van der Waals surface area contributed by atoms with Gasteiger partial charge in [0.05, 0.1) is 16.1 Å². The van der Waals surface area contributed by atoms with Crippen molar-refractivity contribution in [2.45, 2.75) is 26.1 Å². The topological polar surface area (TPSA) is 22.1 Å². The van der Waals surface area contributed by atoms with Gasteiger partial charge in [0, 0.05) is 6.20 Å². The molecule has 0 saturated heterocycles. The van der Waals surface area contributed by atoms with Gasteiger partial charge in [0.25, 0.3) is 0 Å². The van der Waals surface area contributed by atoms with Crippen LogP contribution in [-0.4, -0.2) is 11.1 Å². The summed E-state index contributed by atoms with van der Waals surface area (Å²) in [6.07, 6.45) is -3.56. The first kappa shape index (κ1) is 12.3. The average molecular weight is 284 g/mol. The molecule has 1 aromatic heterocycles. The van der Waals surface area contributed by atoms with E-state index in [1.807, 2.05) is 0 Å². The molecule has 0 aromatic carbocycles. The van der Waals surface area contributed by atoms with Crippen LogP contribution in [0, 0.1) is 0 Å². The third kappa shape index (κ3) is 3.09. The van der Waals surface area contributed by atoms with Crippen molar-refractivity contribution in [2.24, 2.45) is 0 Å². The third-order valence-electron chi connectivity index (χ3n) is 1.51. The zero-order valence-electron chi connectivity index (χ0n) is 8.10. The van der Waals surface area contributed by atoms with E-state index < -0.39 is 11.7 Å². The Bertz CT molecular complexity index is 352. The van der Waals surface area contributed by atoms with Crippen LogP contribution in [0.2, 0.25) is 0 Å². The van der Waals surface area contributed by atoms with Gasteiger partial charge >= 0.3 is 6.18 Å². The van der Waals surface area contributed by atoms with E-state index in [-0.39, 0.29) is 16.5 Å². The number of hydrogen-bond acceptors (Lipinski definition) is 2. The molecule has 0 atom stereocenters. The smallest absolute Gasteiger partial charge is 0.417 e. The molecule has 1 heterocycles. The maximum Gasteiger partial charge on any atom is 0.417 e. The van der Waals surface area contributed by atoms with E-state index in [9.17, 15) is 13.2 Å². The standard InChI is InChI=1S/C9H9BrF3NO/c1-5(2)15-8-7(10)6(3-4-14-8)9(11,12)13/h3-5H,1-2H3. The maximum atomic E-state index is 12.5. The molecule has 0 N–H and O–H groups in total. The number of halogens is 4. The molecule has 0 aliphatic carbocycles. The molecule has 0 unspecified atom stereocenters. The molecule has 15 heavy (non-hydrogen) atoms. The van der Waals surface area contributed by atoms with Crippen LogP contribution in [0.1, 0.15) is 19.4 Å². The number of pyridine rings is 1. The highest BCUT2D eigenvalue weighted by atomic mass is 79.9. The first-order valence-corrected chi connectivity index (χ1v) is 5.00. The molecule has 1 rings (SSSR count). The minimum absolute atomic E-state index is 0.0418. The van der Waals surface area contributed by atoms with Crippen LogP contribution in [0.25, 0.3) is 0 Å². The first-order chi connectivity index (χ1) is 6.82. The molecule has 0 bridgehead atoms. The monoisotopic (exact) mass is 283 g/mol. The zero-order valence-corrected chi connectivity index (χ0v) is 9.69. The van der Waals surface area contributed by atoms with Gasteiger partial charge in [-0.05, 0) is 35.8 Å². The van der Waals surface area contributed by atoms with Gasteiger partial charge in [-0.15, -0.1) is 0 Å². The Balaban J connectivity index is 3.12. The second-order valence-electron chi connectivity index (χ2n) is 3.14. The summed E-state index contributed by atoms with van der Waals surface area (Å²) in [6, 6.07) is 0.900. The predicted octanol–water partition coefficient (Wildman–Crippen LogP) is 3.65. The van der Waals surface area contributed by atoms with Crippen LogP contribution < -0.4 is 4.74 Å². The van der Waals surface area contributed by atoms with Crippen molar-refractivity contribution in [2.75, 3.05) is 0 Å². The van der Waals surface area contributed by atoms with Crippen LogP contribution in [-0.2, 0) is 6.18 Å². The van der Waals surface area contributed by atoms with Crippen LogP contribution in [0.15, 0.2) is 16.7 Å². The summed E-state index contributed by atoms with van der Waals surface area (Å²) in [5.41, 5.74) is -0.784. The number of aromatic nitrogens is 1. The molecular weight excluding hydrogens is 275 g/mol. The minimum atomic E-state index is -4.41. The van der Waals surface area contributed by atoms with E-state index >= 15 is 0 Å². The van der Waals surface area contributed by atoms with Crippen LogP contribution >= 0.6 is 15.9 Å². The lowest BCUT2D eigenvalue weighted by Crippen LogP contribution is -2.11. The van der Waals surface area contributed by atoms with E-state index in [2.05, 4.69) is 20.9 Å². The largest absolute Gasteiger partial charge is 0.474 e. The van der Waals surface area contributed by atoms with Crippen molar-refractivity contribution >= 4 is 15.9 Å². The van der Waals surface area contributed by atoms with Crippen molar-refractivity contribution in [1.29, 1.82) is 0 Å². The molecule has 0 saturated carbocycles. The Labute approximate surface area is 93.6 Å². The lowest BCUT2D eigenvalue weighted by Gasteiger charge is -2.14. The summed E-state index contributed by atoms with van der Waals surface area (Å²) in [6.45, 7) is 3.43. The minimum Gasteiger partial charge on any atom is -0.474 e. The molecular formula is C9H9BrF3NO. The van der Waals surface area contributed by atoms with E-state index in [1.165, 1.54) is 0 Å². The van der Waals surface area contributed by atoms with Gasteiger partial charge in [-0.3, -0.25) is 0 Å². The quantitative estimate of drug-likeness (QED) is 0.827. The second-order valence-corrected chi connectivity index (χ2v) is 3.94. The molecule has 0 radical (unpaired) electrons. The molecule has 2 nitrogen and oxygen atoms in total. The van der Waals surface area contributed by atoms with Gasteiger partial charge in [0.1, 0.15) is 0 Å². The Morgan fingerprint density at radius 1 is 1.40 bits per heavy atom. The number of ether oxygens (including phenoxy) is 1.